The molecule has 0 saturated carbocycles. The van der Waals surface area contributed by atoms with Gasteiger partial charge in [0.15, 0.2) is 0 Å². The van der Waals surface area contributed by atoms with Gasteiger partial charge in [0, 0.05) is 45.0 Å². The highest BCUT2D eigenvalue weighted by Crippen LogP contribution is 2.23. The lowest BCUT2D eigenvalue weighted by Crippen LogP contribution is -2.58. The zero-order valence-electron chi connectivity index (χ0n) is 13.6. The average molecular weight is 337 g/mol. The van der Waals surface area contributed by atoms with Crippen LogP contribution in [0.25, 0.3) is 0 Å². The molecule has 1 amide bonds. The highest BCUT2D eigenvalue weighted by atomic mass is 32.2. The van der Waals surface area contributed by atoms with Crippen molar-refractivity contribution in [3.63, 3.8) is 0 Å². The first kappa shape index (κ1) is 16.3. The van der Waals surface area contributed by atoms with Crippen LogP contribution in [0.1, 0.15) is 5.56 Å². The highest BCUT2D eigenvalue weighted by molar-refractivity contribution is 7.88. The van der Waals surface area contributed by atoms with Crippen molar-refractivity contribution in [1.82, 2.24) is 9.21 Å². The van der Waals surface area contributed by atoms with E-state index in [1.165, 1.54) is 21.8 Å². The number of aryl methyl sites for hydroxylation is 1. The Morgan fingerprint density at radius 3 is 2.35 bits per heavy atom. The fraction of sp³-hybridized carbons (Fsp3) is 0.562. The molecule has 0 unspecified atom stereocenters. The minimum Gasteiger partial charge on any atom is -0.368 e. The van der Waals surface area contributed by atoms with Crippen molar-refractivity contribution >= 4 is 21.6 Å². The van der Waals surface area contributed by atoms with Crippen LogP contribution in [0.3, 0.4) is 0 Å². The van der Waals surface area contributed by atoms with E-state index in [4.69, 9.17) is 0 Å². The minimum absolute atomic E-state index is 0.0915. The van der Waals surface area contributed by atoms with E-state index < -0.39 is 10.0 Å². The van der Waals surface area contributed by atoms with E-state index in [1.807, 2.05) is 4.90 Å². The number of amides is 1. The van der Waals surface area contributed by atoms with Gasteiger partial charge >= 0.3 is 0 Å². The molecular weight excluding hydrogens is 314 g/mol. The topological polar surface area (TPSA) is 60.9 Å². The maximum Gasteiger partial charge on any atom is 0.228 e. The number of hydrogen-bond donors (Lipinski definition) is 0. The number of carbonyl (C=O) groups is 1. The molecule has 0 spiro atoms. The summed E-state index contributed by atoms with van der Waals surface area (Å²) in [5.74, 6) is -0.0796. The van der Waals surface area contributed by atoms with Gasteiger partial charge in [-0.3, -0.25) is 4.79 Å². The van der Waals surface area contributed by atoms with Gasteiger partial charge in [0.2, 0.25) is 15.9 Å². The maximum atomic E-state index is 12.4. The summed E-state index contributed by atoms with van der Waals surface area (Å²) in [6.45, 7) is 5.76. The smallest absolute Gasteiger partial charge is 0.228 e. The molecule has 0 radical (unpaired) electrons. The van der Waals surface area contributed by atoms with E-state index in [9.17, 15) is 13.2 Å². The predicted octanol–water partition coefficient (Wildman–Crippen LogP) is 0.535. The Hall–Kier alpha value is -1.60. The summed E-state index contributed by atoms with van der Waals surface area (Å²) in [7, 11) is -3.16. The molecular formula is C16H23N3O3S. The second-order valence-electron chi connectivity index (χ2n) is 6.43. The molecule has 2 saturated heterocycles. The van der Waals surface area contributed by atoms with Crippen LogP contribution in [-0.2, 0) is 14.8 Å². The molecule has 23 heavy (non-hydrogen) atoms. The van der Waals surface area contributed by atoms with Crippen molar-refractivity contribution < 1.29 is 13.2 Å². The third-order valence-electron chi connectivity index (χ3n) is 4.62. The van der Waals surface area contributed by atoms with Gasteiger partial charge in [-0.1, -0.05) is 12.1 Å². The standard InChI is InChI=1S/C16H23N3O3S/c1-13-4-3-5-15(10-13)17-6-8-18(9-7-17)16(20)14-11-19(12-14)23(2,21)22/h3-5,10,14H,6-9,11-12H2,1-2H3. The third-order valence-corrected chi connectivity index (χ3v) is 5.86. The van der Waals surface area contributed by atoms with Crippen molar-refractivity contribution in [3.05, 3.63) is 29.8 Å². The van der Waals surface area contributed by atoms with E-state index >= 15 is 0 Å². The SMILES string of the molecule is Cc1cccc(N2CCN(C(=O)C3CN(S(C)(=O)=O)C3)CC2)c1. The van der Waals surface area contributed by atoms with Crippen LogP contribution < -0.4 is 4.90 Å². The van der Waals surface area contributed by atoms with Crippen molar-refractivity contribution in [2.24, 2.45) is 5.92 Å². The Kier molecular flexibility index (Phi) is 4.33. The number of hydrogen-bond acceptors (Lipinski definition) is 4. The maximum absolute atomic E-state index is 12.4. The number of rotatable bonds is 3. The summed E-state index contributed by atoms with van der Waals surface area (Å²) in [6.07, 6.45) is 1.19. The van der Waals surface area contributed by atoms with Crippen molar-refractivity contribution in [1.29, 1.82) is 0 Å². The van der Waals surface area contributed by atoms with Crippen LogP contribution in [0.2, 0.25) is 0 Å². The van der Waals surface area contributed by atoms with Gasteiger partial charge in [0.1, 0.15) is 0 Å². The summed E-state index contributed by atoms with van der Waals surface area (Å²) >= 11 is 0. The van der Waals surface area contributed by atoms with Crippen molar-refractivity contribution in [2.45, 2.75) is 6.92 Å². The average Bonchev–Trinajstić information content (AvgIpc) is 2.44. The fourth-order valence-corrected chi connectivity index (χ4v) is 4.03. The van der Waals surface area contributed by atoms with Gasteiger partial charge in [-0.2, -0.15) is 0 Å². The zero-order valence-corrected chi connectivity index (χ0v) is 14.4. The summed E-state index contributed by atoms with van der Waals surface area (Å²) in [5.41, 5.74) is 2.43. The number of carbonyl (C=O) groups excluding carboxylic acids is 1. The van der Waals surface area contributed by atoms with Gasteiger partial charge in [-0.15, -0.1) is 0 Å². The summed E-state index contributed by atoms with van der Waals surface area (Å²) in [5, 5.41) is 0. The molecule has 2 aliphatic heterocycles. The quantitative estimate of drug-likeness (QED) is 0.807. The fourth-order valence-electron chi connectivity index (χ4n) is 3.13. The Morgan fingerprint density at radius 1 is 1.13 bits per heavy atom. The van der Waals surface area contributed by atoms with Crippen LogP contribution in [-0.4, -0.2) is 69.1 Å². The molecule has 7 heteroatoms. The van der Waals surface area contributed by atoms with E-state index in [1.54, 1.807) is 0 Å². The van der Waals surface area contributed by atoms with Crippen molar-refractivity contribution in [2.75, 3.05) is 50.4 Å². The lowest BCUT2D eigenvalue weighted by molar-refractivity contribution is -0.139. The monoisotopic (exact) mass is 337 g/mol. The molecule has 2 fully saturated rings. The first-order chi connectivity index (χ1) is 10.8. The van der Waals surface area contributed by atoms with E-state index in [0.29, 0.717) is 26.2 Å². The highest BCUT2D eigenvalue weighted by Gasteiger charge is 2.40. The van der Waals surface area contributed by atoms with Gasteiger partial charge in [0.25, 0.3) is 0 Å². The molecule has 1 aromatic rings. The summed E-state index contributed by atoms with van der Waals surface area (Å²) in [4.78, 5) is 16.6. The molecule has 2 aliphatic rings. The third kappa shape index (κ3) is 3.50. The normalized spacial score (nSPS) is 20.4. The van der Waals surface area contributed by atoms with Crippen LogP contribution >= 0.6 is 0 Å². The first-order valence-electron chi connectivity index (χ1n) is 7.90. The molecule has 0 atom stereocenters. The van der Waals surface area contributed by atoms with E-state index in [-0.39, 0.29) is 11.8 Å². The Morgan fingerprint density at radius 2 is 1.78 bits per heavy atom. The first-order valence-corrected chi connectivity index (χ1v) is 9.75. The molecule has 3 rings (SSSR count). The summed E-state index contributed by atoms with van der Waals surface area (Å²) in [6, 6.07) is 8.39. The molecule has 126 valence electrons. The second-order valence-corrected chi connectivity index (χ2v) is 8.41. The summed E-state index contributed by atoms with van der Waals surface area (Å²) < 4.78 is 24.1. The lowest BCUT2D eigenvalue weighted by atomic mass is 10.0. The molecule has 0 bridgehead atoms. The van der Waals surface area contributed by atoms with Crippen molar-refractivity contribution in [3.8, 4) is 0 Å². The van der Waals surface area contributed by atoms with Crippen LogP contribution in [0, 0.1) is 12.8 Å². The molecule has 0 N–H and O–H groups in total. The van der Waals surface area contributed by atoms with Crippen LogP contribution in [0.15, 0.2) is 24.3 Å². The number of piperazine rings is 1. The number of benzene rings is 1. The van der Waals surface area contributed by atoms with Gasteiger partial charge in [-0.25, -0.2) is 12.7 Å². The Bertz CT molecular complexity index is 690. The number of nitrogens with zero attached hydrogens (tertiary/aromatic N) is 3. The van der Waals surface area contributed by atoms with E-state index in [2.05, 4.69) is 36.1 Å². The number of sulfonamides is 1. The van der Waals surface area contributed by atoms with E-state index in [0.717, 1.165) is 13.1 Å². The number of anilines is 1. The lowest BCUT2D eigenvalue weighted by Gasteiger charge is -2.42. The second kappa shape index (κ2) is 6.13. The molecule has 0 aliphatic carbocycles. The molecule has 6 nitrogen and oxygen atoms in total. The van der Waals surface area contributed by atoms with Gasteiger partial charge in [-0.05, 0) is 24.6 Å². The predicted molar refractivity (Wildman–Crippen MR) is 89.9 cm³/mol. The van der Waals surface area contributed by atoms with Gasteiger partial charge < -0.3 is 9.80 Å². The Balaban J connectivity index is 1.52. The molecule has 0 aromatic heterocycles. The largest absolute Gasteiger partial charge is 0.368 e. The van der Waals surface area contributed by atoms with Crippen LogP contribution in [0.4, 0.5) is 5.69 Å². The van der Waals surface area contributed by atoms with Gasteiger partial charge in [0.05, 0.1) is 12.2 Å². The minimum atomic E-state index is -3.16. The zero-order chi connectivity index (χ0) is 16.6. The van der Waals surface area contributed by atoms with Crippen LogP contribution in [0.5, 0.6) is 0 Å². The molecule has 1 aromatic carbocycles. The molecule has 2 heterocycles. The Labute approximate surface area is 137 Å².